The van der Waals surface area contributed by atoms with E-state index in [0.29, 0.717) is 83.4 Å². The Morgan fingerprint density at radius 2 is 0.877 bits per heavy atom. The van der Waals surface area contributed by atoms with Gasteiger partial charge >= 0.3 is 25.9 Å². The summed E-state index contributed by atoms with van der Waals surface area (Å²) in [6, 6.07) is 0. The molecule has 81 heavy (non-hydrogen) atoms. The van der Waals surface area contributed by atoms with Crippen LogP contribution in [-0.2, 0) is 61.2 Å². The quantitative estimate of drug-likeness (QED) is 0.0170. The number of ether oxygens (including phenoxy) is 7. The molecule has 0 radical (unpaired) electrons. The molecule has 0 aromatic rings. The van der Waals surface area contributed by atoms with E-state index in [1.807, 2.05) is 0 Å². The first-order chi connectivity index (χ1) is 39.6. The minimum Gasteiger partial charge on any atom is -0.462 e. The summed E-state index contributed by atoms with van der Waals surface area (Å²) in [6.07, 6.45) is 39.6. The molecule has 3 N–H and O–H groups in total. The van der Waals surface area contributed by atoms with Gasteiger partial charge in [0.1, 0.15) is 6.61 Å². The molecule has 2 aliphatic carbocycles. The molecular formula is C63H115N2O15P. The van der Waals surface area contributed by atoms with Crippen LogP contribution < -0.4 is 10.6 Å². The first-order valence-electron chi connectivity index (χ1n) is 32.6. The van der Waals surface area contributed by atoms with Crippen molar-refractivity contribution in [2.24, 2.45) is 17.8 Å². The summed E-state index contributed by atoms with van der Waals surface area (Å²) in [5, 5.41) is 5.33. The zero-order valence-electron chi connectivity index (χ0n) is 51.0. The first-order valence-corrected chi connectivity index (χ1v) is 34.1. The molecule has 472 valence electrons. The Morgan fingerprint density at radius 3 is 1.35 bits per heavy atom. The summed E-state index contributed by atoms with van der Waals surface area (Å²) in [7, 11) is -4.62. The number of hydrogen-bond acceptors (Lipinski definition) is 14. The van der Waals surface area contributed by atoms with E-state index >= 15 is 0 Å². The standard InChI is InChI=1S/C63H115N2O15P/c1-3-5-7-9-11-13-15-17-19-21-23-25-27-29-35-39-61(67)76-53-56(80-62(68)40-36-30-28-26-24-22-20-18-16-14-12-10-8-6-4-2)54-79-81(70,71)78-46-43-64-60(66)41-44-72-47-49-74-51-52-75-50-48-73-45-42-65-63(69)77-55-59-57-37-33-31-32-34-38-58(57)59/h56-59H,3-30,33-55H2,1-2H3,(H,64,66)(H,65,69)(H,70,71)/t56?,57-,58+,59?. The van der Waals surface area contributed by atoms with Gasteiger partial charge in [-0.15, -0.1) is 11.8 Å². The second kappa shape index (κ2) is 53.9. The Labute approximate surface area is 490 Å². The van der Waals surface area contributed by atoms with Crippen LogP contribution in [-0.4, -0.2) is 127 Å². The second-order valence-electron chi connectivity index (χ2n) is 22.3. The smallest absolute Gasteiger partial charge is 0.462 e. The van der Waals surface area contributed by atoms with Crippen LogP contribution in [0.5, 0.6) is 0 Å². The summed E-state index contributed by atoms with van der Waals surface area (Å²) >= 11 is 0. The highest BCUT2D eigenvalue weighted by molar-refractivity contribution is 7.47. The van der Waals surface area contributed by atoms with Gasteiger partial charge in [0, 0.05) is 45.2 Å². The number of unbranched alkanes of at least 4 members (excludes halogenated alkanes) is 28. The highest BCUT2D eigenvalue weighted by Crippen LogP contribution is 2.52. The fourth-order valence-corrected chi connectivity index (χ4v) is 11.0. The van der Waals surface area contributed by atoms with E-state index in [2.05, 4.69) is 36.3 Å². The van der Waals surface area contributed by atoms with Crippen LogP contribution in [0.1, 0.15) is 251 Å². The van der Waals surface area contributed by atoms with Crippen molar-refractivity contribution in [2.75, 3.05) is 92.4 Å². The molecule has 0 saturated heterocycles. The lowest BCUT2D eigenvalue weighted by atomic mass is 10.0. The number of fused-ring (bicyclic) bond motifs is 1. The fourth-order valence-electron chi connectivity index (χ4n) is 10.2. The zero-order chi connectivity index (χ0) is 58.4. The number of phosphoric acid groups is 1. The Morgan fingerprint density at radius 1 is 0.469 bits per heavy atom. The van der Waals surface area contributed by atoms with Crippen LogP contribution in [0, 0.1) is 29.6 Å². The van der Waals surface area contributed by atoms with Crippen LogP contribution in [0.15, 0.2) is 0 Å². The molecule has 0 spiro atoms. The van der Waals surface area contributed by atoms with Gasteiger partial charge in [0.15, 0.2) is 6.10 Å². The predicted molar refractivity (Wildman–Crippen MR) is 319 cm³/mol. The summed E-state index contributed by atoms with van der Waals surface area (Å²) in [4.78, 5) is 60.3. The van der Waals surface area contributed by atoms with Gasteiger partial charge < -0.3 is 48.7 Å². The van der Waals surface area contributed by atoms with Crippen molar-refractivity contribution in [2.45, 2.75) is 258 Å². The molecular weight excluding hydrogens is 1060 g/mol. The van der Waals surface area contributed by atoms with Gasteiger partial charge in [0.25, 0.3) is 0 Å². The highest BCUT2D eigenvalue weighted by Gasteiger charge is 2.49. The minimum absolute atomic E-state index is 0.0565. The lowest BCUT2D eigenvalue weighted by Gasteiger charge is -2.20. The number of hydrogen-bond donors (Lipinski definition) is 3. The van der Waals surface area contributed by atoms with Gasteiger partial charge in [0.05, 0.1) is 72.7 Å². The fraction of sp³-hybridized carbons (Fsp3) is 0.905. The van der Waals surface area contributed by atoms with Crippen molar-refractivity contribution in [3.05, 3.63) is 0 Å². The average molecular weight is 1170 g/mol. The molecule has 3 unspecified atom stereocenters. The number of amides is 2. The number of nitrogens with one attached hydrogen (secondary N) is 2. The summed E-state index contributed by atoms with van der Waals surface area (Å²) in [6.45, 7) is 6.75. The molecule has 5 atom stereocenters. The summed E-state index contributed by atoms with van der Waals surface area (Å²) in [5.74, 6) is 6.89. The maximum absolute atomic E-state index is 12.9. The molecule has 2 amide bonds. The molecule has 1 fully saturated rings. The third kappa shape index (κ3) is 47.2. The van der Waals surface area contributed by atoms with Crippen molar-refractivity contribution in [3.8, 4) is 11.8 Å². The van der Waals surface area contributed by atoms with Crippen molar-refractivity contribution >= 4 is 31.8 Å². The summed E-state index contributed by atoms with van der Waals surface area (Å²) < 4.78 is 61.5. The molecule has 2 aliphatic rings. The van der Waals surface area contributed by atoms with Gasteiger partial charge in [-0.3, -0.25) is 23.4 Å². The van der Waals surface area contributed by atoms with E-state index in [-0.39, 0.29) is 58.1 Å². The number of alkyl carbamates (subject to hydrolysis) is 1. The van der Waals surface area contributed by atoms with Crippen molar-refractivity contribution in [3.63, 3.8) is 0 Å². The van der Waals surface area contributed by atoms with E-state index in [4.69, 9.17) is 42.2 Å². The number of esters is 2. The SMILES string of the molecule is CCCCCCCCCCCCCCCCCC(=O)OCC(COP(=O)(O)OCCNC(=O)CCOCCOCCOCCOCCNC(=O)OCC1[C@H]2CCC#CCC[C@@H]12)OC(=O)CCCCCCCCCCCCCCCCC. The van der Waals surface area contributed by atoms with E-state index in [9.17, 15) is 28.6 Å². The second-order valence-corrected chi connectivity index (χ2v) is 23.7. The van der Waals surface area contributed by atoms with E-state index in [1.165, 1.54) is 141 Å². The van der Waals surface area contributed by atoms with Crippen molar-refractivity contribution in [1.82, 2.24) is 10.6 Å². The molecule has 0 heterocycles. The Balaban J connectivity index is 1.52. The van der Waals surface area contributed by atoms with E-state index < -0.39 is 38.6 Å². The third-order valence-corrected chi connectivity index (χ3v) is 16.1. The van der Waals surface area contributed by atoms with Crippen molar-refractivity contribution < 1.29 is 70.8 Å². The molecule has 0 bridgehead atoms. The third-order valence-electron chi connectivity index (χ3n) is 15.2. The summed E-state index contributed by atoms with van der Waals surface area (Å²) in [5.41, 5.74) is 0. The Kier molecular flexibility index (Phi) is 49.4. The Bertz CT molecular complexity index is 1630. The predicted octanol–water partition coefficient (Wildman–Crippen LogP) is 13.8. The molecule has 0 aliphatic heterocycles. The van der Waals surface area contributed by atoms with Crippen LogP contribution in [0.25, 0.3) is 0 Å². The molecule has 0 aromatic carbocycles. The van der Waals surface area contributed by atoms with E-state index in [0.717, 1.165) is 64.2 Å². The topological polar surface area (TPSA) is 213 Å². The number of rotatable bonds is 59. The van der Waals surface area contributed by atoms with Crippen LogP contribution >= 0.6 is 7.82 Å². The van der Waals surface area contributed by atoms with Gasteiger partial charge in [-0.1, -0.05) is 194 Å². The lowest BCUT2D eigenvalue weighted by Crippen LogP contribution is -2.30. The maximum atomic E-state index is 12.9. The lowest BCUT2D eigenvalue weighted by molar-refractivity contribution is -0.161. The molecule has 2 rings (SSSR count). The monoisotopic (exact) mass is 1170 g/mol. The molecule has 18 heteroatoms. The maximum Gasteiger partial charge on any atom is 0.472 e. The van der Waals surface area contributed by atoms with E-state index in [1.54, 1.807) is 0 Å². The van der Waals surface area contributed by atoms with Gasteiger partial charge in [0.2, 0.25) is 5.91 Å². The minimum atomic E-state index is -4.62. The number of carbonyl (C=O) groups excluding carboxylic acids is 4. The van der Waals surface area contributed by atoms with Gasteiger partial charge in [-0.25, -0.2) is 9.36 Å². The van der Waals surface area contributed by atoms with Crippen LogP contribution in [0.4, 0.5) is 4.79 Å². The molecule has 17 nitrogen and oxygen atoms in total. The average Bonchev–Trinajstić information content (AvgIpc) is 4.21. The first kappa shape index (κ1) is 74.3. The highest BCUT2D eigenvalue weighted by atomic mass is 31.2. The molecule has 1 saturated carbocycles. The van der Waals surface area contributed by atoms with Crippen molar-refractivity contribution in [1.29, 1.82) is 0 Å². The number of carbonyl (C=O) groups is 4. The van der Waals surface area contributed by atoms with Crippen LogP contribution in [0.3, 0.4) is 0 Å². The molecule has 0 aromatic heterocycles. The Hall–Kier alpha value is -2.81. The number of phosphoric ester groups is 1. The largest absolute Gasteiger partial charge is 0.472 e. The normalized spacial score (nSPS) is 16.7. The van der Waals surface area contributed by atoms with Gasteiger partial charge in [-0.2, -0.15) is 0 Å². The van der Waals surface area contributed by atoms with Crippen LogP contribution in [0.2, 0.25) is 0 Å². The zero-order valence-corrected chi connectivity index (χ0v) is 51.9. The van der Waals surface area contributed by atoms with Gasteiger partial charge in [-0.05, 0) is 43.4 Å².